The van der Waals surface area contributed by atoms with E-state index in [1.54, 1.807) is 29.9 Å². The van der Waals surface area contributed by atoms with Crippen LogP contribution in [0.3, 0.4) is 0 Å². The molecule has 6 heterocycles. The smallest absolute Gasteiger partial charge is 0.415 e. The number of nitrogens with zero attached hydrogens (tertiary/aromatic N) is 8. The van der Waals surface area contributed by atoms with Crippen LogP contribution in [0.4, 0.5) is 16.4 Å². The Morgan fingerprint density at radius 1 is 0.916 bits per heavy atom. The quantitative estimate of drug-likeness (QED) is 0.0349. The second-order valence-electron chi connectivity index (χ2n) is 22.2. The van der Waals surface area contributed by atoms with Crippen molar-refractivity contribution in [2.24, 2.45) is 18.9 Å². The summed E-state index contributed by atoms with van der Waals surface area (Å²) >= 11 is 1.60. The number of imide groups is 1. The maximum Gasteiger partial charge on any atom is 0.415 e. The molecule has 4 aliphatic heterocycles. The molecule has 1 saturated carbocycles. The first-order valence-corrected chi connectivity index (χ1v) is 29.4. The van der Waals surface area contributed by atoms with Crippen molar-refractivity contribution in [1.82, 2.24) is 40.2 Å². The number of hydrogen-bond acceptors (Lipinski definition) is 18. The summed E-state index contributed by atoms with van der Waals surface area (Å²) in [4.78, 5) is 104. The number of carboxylic acid groups (broad SMARTS) is 1. The van der Waals surface area contributed by atoms with Gasteiger partial charge < -0.3 is 49.8 Å². The number of piperidine rings is 1. The first-order chi connectivity index (χ1) is 39.8. The van der Waals surface area contributed by atoms with Gasteiger partial charge in [-0.3, -0.25) is 43.6 Å². The number of amides is 6. The fraction of sp³-hybridized carbons (Fsp3) is 0.517. The van der Waals surface area contributed by atoms with Crippen molar-refractivity contribution in [3.8, 4) is 5.75 Å². The Morgan fingerprint density at radius 3 is 2.36 bits per heavy atom. The van der Waals surface area contributed by atoms with E-state index in [4.69, 9.17) is 19.2 Å². The standard InChI is InChI=1S/C58H72N10O14S/c1-6-66(43-24-37(58(26-34(3)27-58)56-63-61-32-64(56)4)25-44(62-43)68-30-40-38(53(68)76)22-36(23-42(40)83-5)29-65-19-10-11-33(2)28-65)57(79)80-31-35-13-14-41(81-55-50(74)48(72)49(73)51(82-55)54(77)78)39(21-35)52(75)60-18-17-59-45(69)12-8-7-9-20-67-46(70)15-16-47(67)71/h13-16,21-25,32-34,48-51,55,72-74H,6-12,17-20,26-31H2,1-5H3,(H,59,69)(H,60,75)(H,77,78)/t33-,34-,48-,49-,50+,51-,55+,58+/m0/s1. The molecule has 3 fully saturated rings. The molecule has 1 aliphatic carbocycles. The minimum atomic E-state index is -2.01. The van der Waals surface area contributed by atoms with Crippen molar-refractivity contribution in [2.75, 3.05) is 55.3 Å². The first kappa shape index (κ1) is 60.3. The van der Waals surface area contributed by atoms with Gasteiger partial charge in [0.15, 0.2) is 6.10 Å². The van der Waals surface area contributed by atoms with Crippen LogP contribution in [0.2, 0.25) is 0 Å². The molecular weight excluding hydrogens is 1090 g/mol. The van der Waals surface area contributed by atoms with Gasteiger partial charge >= 0.3 is 12.1 Å². The number of carbonyl (C=O) groups is 7. The van der Waals surface area contributed by atoms with Crippen molar-refractivity contribution >= 4 is 65.0 Å². The maximum absolute atomic E-state index is 14.8. The normalized spacial score (nSPS) is 24.1. The number of thioether (sulfide) groups is 1. The average Bonchev–Trinajstić information content (AvgIpc) is 2.46. The summed E-state index contributed by atoms with van der Waals surface area (Å²) < 4.78 is 19.0. The Labute approximate surface area is 484 Å². The number of hydrogen-bond donors (Lipinski definition) is 6. The van der Waals surface area contributed by atoms with Crippen molar-refractivity contribution in [2.45, 2.75) is 133 Å². The van der Waals surface area contributed by atoms with Crippen LogP contribution in [-0.2, 0) is 60.8 Å². The third-order valence-corrected chi connectivity index (χ3v) is 16.8. The average molecular weight is 1170 g/mol. The van der Waals surface area contributed by atoms with E-state index in [9.17, 15) is 54.0 Å². The zero-order chi connectivity index (χ0) is 59.3. The highest BCUT2D eigenvalue weighted by molar-refractivity contribution is 7.98. The van der Waals surface area contributed by atoms with E-state index in [1.807, 2.05) is 36.1 Å². The number of rotatable bonds is 23. The number of nitrogens with one attached hydrogen (secondary N) is 2. The van der Waals surface area contributed by atoms with E-state index in [-0.39, 0.29) is 85.5 Å². The summed E-state index contributed by atoms with van der Waals surface area (Å²) in [5, 5.41) is 55.5. The highest BCUT2D eigenvalue weighted by Crippen LogP contribution is 2.53. The Balaban J connectivity index is 0.935. The number of unbranched alkanes of at least 4 members (excludes halogenated alkanes) is 2. The van der Waals surface area contributed by atoms with E-state index in [0.29, 0.717) is 42.5 Å². The number of fused-ring (bicyclic) bond motifs is 1. The fourth-order valence-corrected chi connectivity index (χ4v) is 12.5. The summed E-state index contributed by atoms with van der Waals surface area (Å²) in [5.41, 5.74) is 2.85. The number of aromatic nitrogens is 4. The van der Waals surface area contributed by atoms with Gasteiger partial charge in [0.1, 0.15) is 54.5 Å². The molecule has 2 aromatic heterocycles. The number of benzene rings is 2. The van der Waals surface area contributed by atoms with Gasteiger partial charge in [-0.15, -0.1) is 22.0 Å². The molecule has 0 unspecified atom stereocenters. The van der Waals surface area contributed by atoms with Gasteiger partial charge in [0.05, 0.1) is 17.5 Å². The molecule has 24 nitrogen and oxygen atoms in total. The van der Waals surface area contributed by atoms with E-state index < -0.39 is 60.7 Å². The molecule has 2 saturated heterocycles. The van der Waals surface area contributed by atoms with Crippen molar-refractivity contribution < 1.29 is 68.2 Å². The number of carboxylic acids is 1. The number of likely N-dealkylation sites (tertiary alicyclic amines) is 1. The molecule has 6 N–H and O–H groups in total. The lowest BCUT2D eigenvalue weighted by Crippen LogP contribution is -2.61. The van der Waals surface area contributed by atoms with Crippen LogP contribution in [-0.4, -0.2) is 168 Å². The SMILES string of the molecule is CCN(C(=O)OCc1ccc(O[C@@H]2O[C@H](C(=O)O)[C@@H](O)[C@H](O)[C@H]2O)c(C(=O)NCCNC(=O)CCCCCN2C(=O)C=CC2=O)c1)c1cc([C@]2(c3nncn3C)C[C@@H](C)C2)cc(N2Cc3c(SC)cc(CN4CCC[C@H](C)C4)cc3C2=O)n1. The molecule has 0 radical (unpaired) electrons. The number of aryl methyl sites for hydroxylation is 1. The molecule has 6 atom stereocenters. The van der Waals surface area contributed by atoms with Gasteiger partial charge in [-0.2, -0.15) is 0 Å². The first-order valence-electron chi connectivity index (χ1n) is 28.1. The molecule has 83 heavy (non-hydrogen) atoms. The van der Waals surface area contributed by atoms with Crippen molar-refractivity contribution in [1.29, 1.82) is 0 Å². The molecule has 2 aromatic carbocycles. The van der Waals surface area contributed by atoms with Gasteiger partial charge in [0.2, 0.25) is 12.2 Å². The molecular formula is C58H72N10O14S. The summed E-state index contributed by atoms with van der Waals surface area (Å²) in [6.07, 6.45) is 0.964. The Hall–Kier alpha value is -7.29. The lowest BCUT2D eigenvalue weighted by molar-refractivity contribution is -0.271. The molecule has 9 rings (SSSR count). The number of aliphatic carboxylic acids is 1. The highest BCUT2D eigenvalue weighted by atomic mass is 32.2. The minimum Gasteiger partial charge on any atom is -0.479 e. The van der Waals surface area contributed by atoms with E-state index in [1.165, 1.54) is 41.7 Å². The van der Waals surface area contributed by atoms with Crippen LogP contribution in [0.5, 0.6) is 5.75 Å². The highest BCUT2D eigenvalue weighted by Gasteiger charge is 2.50. The topological polar surface area (TPSA) is 309 Å². The number of carbonyl (C=O) groups excluding carboxylic acids is 6. The minimum absolute atomic E-state index is 0.00874. The molecule has 5 aliphatic rings. The van der Waals surface area contributed by atoms with Crippen LogP contribution >= 0.6 is 11.8 Å². The van der Waals surface area contributed by atoms with Gasteiger partial charge in [-0.25, -0.2) is 14.6 Å². The monoisotopic (exact) mass is 1160 g/mol. The van der Waals surface area contributed by atoms with Gasteiger partial charge in [-0.1, -0.05) is 26.3 Å². The predicted molar refractivity (Wildman–Crippen MR) is 301 cm³/mol. The van der Waals surface area contributed by atoms with E-state index in [2.05, 4.69) is 45.6 Å². The lowest BCUT2D eigenvalue weighted by atomic mass is 9.58. The number of ether oxygens (including phenoxy) is 3. The van der Waals surface area contributed by atoms with E-state index >= 15 is 0 Å². The lowest BCUT2D eigenvalue weighted by Gasteiger charge is -2.46. The summed E-state index contributed by atoms with van der Waals surface area (Å²) in [5.74, 6) is -1.66. The van der Waals surface area contributed by atoms with Crippen LogP contribution in [0.25, 0.3) is 0 Å². The zero-order valence-corrected chi connectivity index (χ0v) is 48.0. The molecule has 25 heteroatoms. The fourth-order valence-electron chi connectivity index (χ4n) is 11.8. The second-order valence-corrected chi connectivity index (χ2v) is 23.0. The van der Waals surface area contributed by atoms with Crippen LogP contribution < -0.4 is 25.2 Å². The van der Waals surface area contributed by atoms with Crippen molar-refractivity contribution in [3.63, 3.8) is 0 Å². The molecule has 444 valence electrons. The van der Waals surface area contributed by atoms with Crippen molar-refractivity contribution in [3.05, 3.63) is 100 Å². The Bertz CT molecular complexity index is 3130. The number of aliphatic hydroxyl groups is 3. The Kier molecular flexibility index (Phi) is 19.0. The summed E-state index contributed by atoms with van der Waals surface area (Å²) in [7, 11) is 1.88. The zero-order valence-electron chi connectivity index (χ0n) is 47.2. The van der Waals surface area contributed by atoms with Crippen LogP contribution in [0.15, 0.2) is 65.8 Å². The second kappa shape index (κ2) is 26.1. The maximum atomic E-state index is 14.8. The molecule has 0 spiro atoms. The third-order valence-electron chi connectivity index (χ3n) is 16.0. The van der Waals surface area contributed by atoms with E-state index in [0.717, 1.165) is 71.2 Å². The third kappa shape index (κ3) is 13.2. The summed E-state index contributed by atoms with van der Waals surface area (Å²) in [6.45, 7) is 9.06. The number of pyridine rings is 1. The summed E-state index contributed by atoms with van der Waals surface area (Å²) in [6, 6.07) is 12.1. The van der Waals surface area contributed by atoms with Gasteiger partial charge in [0.25, 0.3) is 23.6 Å². The Morgan fingerprint density at radius 2 is 1.67 bits per heavy atom. The van der Waals surface area contributed by atoms with Gasteiger partial charge in [-0.05, 0) is 129 Å². The molecule has 4 aromatic rings. The van der Waals surface area contributed by atoms with Gasteiger partial charge in [0, 0.05) is 75.3 Å². The van der Waals surface area contributed by atoms with Crippen LogP contribution in [0, 0.1) is 11.8 Å². The molecule has 0 bridgehead atoms. The number of anilines is 2. The molecule has 6 amide bonds. The number of aliphatic hydroxyl groups excluding tert-OH is 3. The predicted octanol–water partition coefficient (Wildman–Crippen LogP) is 3.81. The van der Waals surface area contributed by atoms with Crippen LogP contribution in [0.1, 0.15) is 121 Å². The largest absolute Gasteiger partial charge is 0.479 e.